The van der Waals surface area contributed by atoms with Gasteiger partial charge >= 0.3 is 0 Å². The topological polar surface area (TPSA) is 41.1 Å². The van der Waals surface area contributed by atoms with Gasteiger partial charge in [0.1, 0.15) is 11.4 Å². The van der Waals surface area contributed by atoms with Crippen LogP contribution >= 0.6 is 23.8 Å². The lowest BCUT2D eigenvalue weighted by Gasteiger charge is -2.22. The summed E-state index contributed by atoms with van der Waals surface area (Å²) in [6.45, 7) is 1.64. The van der Waals surface area contributed by atoms with Gasteiger partial charge in [0.25, 0.3) is 5.91 Å². The molecule has 1 aliphatic rings. The Morgan fingerprint density at radius 2 is 2.19 bits per heavy atom. The Morgan fingerprint density at radius 1 is 1.50 bits per heavy atom. The normalized spacial score (nSPS) is 24.2. The van der Waals surface area contributed by atoms with Gasteiger partial charge in [0.05, 0.1) is 0 Å². The van der Waals surface area contributed by atoms with Crippen LogP contribution in [-0.4, -0.2) is 11.0 Å². The van der Waals surface area contributed by atoms with Crippen LogP contribution in [0.3, 0.4) is 0 Å². The van der Waals surface area contributed by atoms with Crippen LogP contribution in [0.4, 0.5) is 4.39 Å². The van der Waals surface area contributed by atoms with E-state index in [2.05, 4.69) is 10.6 Å². The second-order valence-corrected chi connectivity index (χ2v) is 4.47. The van der Waals surface area contributed by atoms with E-state index in [-0.39, 0.29) is 16.0 Å². The SMILES string of the molecule is CC1(c2ccc(F)cc2Cl)NC(=S)NC1=O. The van der Waals surface area contributed by atoms with Crippen molar-refractivity contribution in [1.29, 1.82) is 0 Å². The maximum atomic E-state index is 12.9. The molecule has 1 amide bonds. The van der Waals surface area contributed by atoms with E-state index in [4.69, 9.17) is 23.8 Å². The molecule has 0 bridgehead atoms. The first-order chi connectivity index (χ1) is 7.43. The number of carbonyl (C=O) groups excluding carboxylic acids is 1. The molecule has 6 heteroatoms. The number of carbonyl (C=O) groups is 1. The third-order valence-electron chi connectivity index (χ3n) is 2.51. The summed E-state index contributed by atoms with van der Waals surface area (Å²) in [5, 5.41) is 5.73. The zero-order chi connectivity index (χ0) is 11.9. The quantitative estimate of drug-likeness (QED) is 0.754. The number of hydrogen-bond donors (Lipinski definition) is 2. The van der Waals surface area contributed by atoms with E-state index in [1.54, 1.807) is 6.92 Å². The molecule has 3 nitrogen and oxygen atoms in total. The van der Waals surface area contributed by atoms with Gasteiger partial charge in [0.15, 0.2) is 5.11 Å². The zero-order valence-electron chi connectivity index (χ0n) is 8.30. The Kier molecular flexibility index (Phi) is 2.59. The molecule has 84 valence electrons. The summed E-state index contributed by atoms with van der Waals surface area (Å²) in [5.41, 5.74) is -0.546. The molecule has 1 fully saturated rings. The molecule has 0 saturated carbocycles. The van der Waals surface area contributed by atoms with E-state index in [0.29, 0.717) is 5.56 Å². The van der Waals surface area contributed by atoms with Crippen LogP contribution in [0.15, 0.2) is 18.2 Å². The summed E-state index contributed by atoms with van der Waals surface area (Å²) in [7, 11) is 0. The van der Waals surface area contributed by atoms with E-state index in [1.807, 2.05) is 0 Å². The molecule has 1 unspecified atom stereocenters. The lowest BCUT2D eigenvalue weighted by Crippen LogP contribution is -2.40. The van der Waals surface area contributed by atoms with Crippen LogP contribution in [0.2, 0.25) is 5.02 Å². The summed E-state index contributed by atoms with van der Waals surface area (Å²) in [5.74, 6) is -0.746. The first-order valence-electron chi connectivity index (χ1n) is 4.52. The fraction of sp³-hybridized carbons (Fsp3) is 0.200. The number of nitrogens with one attached hydrogen (secondary N) is 2. The third-order valence-corrected chi connectivity index (χ3v) is 3.03. The smallest absolute Gasteiger partial charge is 0.256 e. The van der Waals surface area contributed by atoms with Gasteiger partial charge in [0, 0.05) is 10.6 Å². The second kappa shape index (κ2) is 3.68. The Hall–Kier alpha value is -1.20. The van der Waals surface area contributed by atoms with Gasteiger partial charge in [-0.1, -0.05) is 17.7 Å². The van der Waals surface area contributed by atoms with Crippen molar-refractivity contribution >= 4 is 34.8 Å². The van der Waals surface area contributed by atoms with E-state index in [1.165, 1.54) is 18.2 Å². The van der Waals surface area contributed by atoms with Crippen molar-refractivity contribution in [3.8, 4) is 0 Å². The highest BCUT2D eigenvalue weighted by atomic mass is 35.5. The predicted octanol–water partition coefficient (Wildman–Crippen LogP) is 1.70. The third kappa shape index (κ3) is 1.66. The number of rotatable bonds is 1. The van der Waals surface area contributed by atoms with E-state index >= 15 is 0 Å². The van der Waals surface area contributed by atoms with Crippen molar-refractivity contribution in [2.75, 3.05) is 0 Å². The molecule has 1 aromatic rings. The summed E-state index contributed by atoms with van der Waals surface area (Å²) >= 11 is 10.8. The second-order valence-electron chi connectivity index (χ2n) is 3.66. The van der Waals surface area contributed by atoms with Crippen molar-refractivity contribution in [1.82, 2.24) is 10.6 Å². The van der Waals surface area contributed by atoms with E-state index in [0.717, 1.165) is 0 Å². The average molecular weight is 259 g/mol. The molecule has 1 aliphatic heterocycles. The number of hydrogen-bond acceptors (Lipinski definition) is 2. The molecular formula is C10H8ClFN2OS. The molecule has 1 atom stereocenters. The standard InChI is InChI=1S/C10H8ClFN2OS/c1-10(8(15)13-9(16)14-10)6-3-2-5(12)4-7(6)11/h2-4H,1H3,(H2,13,14,15,16). The van der Waals surface area contributed by atoms with Crippen molar-refractivity contribution < 1.29 is 9.18 Å². The van der Waals surface area contributed by atoms with E-state index < -0.39 is 11.4 Å². The molecular weight excluding hydrogens is 251 g/mol. The highest BCUT2D eigenvalue weighted by molar-refractivity contribution is 7.80. The minimum atomic E-state index is -1.04. The van der Waals surface area contributed by atoms with Crippen LogP contribution in [0.5, 0.6) is 0 Å². The average Bonchev–Trinajstić information content (AvgIpc) is 2.40. The van der Waals surface area contributed by atoms with Gasteiger partial charge in [0.2, 0.25) is 0 Å². The molecule has 0 radical (unpaired) electrons. The molecule has 2 N–H and O–H groups in total. The number of benzene rings is 1. The Balaban J connectivity index is 2.51. The number of halogens is 2. The van der Waals surface area contributed by atoms with Crippen molar-refractivity contribution in [3.63, 3.8) is 0 Å². The van der Waals surface area contributed by atoms with Crippen LogP contribution in [0.25, 0.3) is 0 Å². The molecule has 1 heterocycles. The summed E-state index contributed by atoms with van der Waals surface area (Å²) in [4.78, 5) is 11.7. The van der Waals surface area contributed by atoms with Crippen molar-refractivity contribution in [2.45, 2.75) is 12.5 Å². The van der Waals surface area contributed by atoms with Gasteiger partial charge in [-0.2, -0.15) is 0 Å². The lowest BCUT2D eigenvalue weighted by atomic mass is 9.92. The van der Waals surface area contributed by atoms with Crippen LogP contribution < -0.4 is 10.6 Å². The molecule has 0 spiro atoms. The Labute approximate surface area is 102 Å². The van der Waals surface area contributed by atoms with Gasteiger partial charge in [-0.25, -0.2) is 4.39 Å². The maximum Gasteiger partial charge on any atom is 0.256 e. The molecule has 0 aromatic heterocycles. The molecule has 1 saturated heterocycles. The lowest BCUT2D eigenvalue weighted by molar-refractivity contribution is -0.123. The van der Waals surface area contributed by atoms with Crippen molar-refractivity contribution in [2.24, 2.45) is 0 Å². The minimum Gasteiger partial charge on any atom is -0.345 e. The van der Waals surface area contributed by atoms with Gasteiger partial charge < -0.3 is 10.6 Å². The maximum absolute atomic E-state index is 12.9. The first-order valence-corrected chi connectivity index (χ1v) is 5.31. The van der Waals surface area contributed by atoms with E-state index in [9.17, 15) is 9.18 Å². The van der Waals surface area contributed by atoms with Gasteiger partial charge in [-0.3, -0.25) is 4.79 Å². The fourth-order valence-corrected chi connectivity index (χ4v) is 2.28. The number of thiocarbonyl (C=S) groups is 1. The van der Waals surface area contributed by atoms with Crippen LogP contribution in [0.1, 0.15) is 12.5 Å². The van der Waals surface area contributed by atoms with Gasteiger partial charge in [-0.05, 0) is 31.3 Å². The summed E-state index contributed by atoms with van der Waals surface area (Å²) < 4.78 is 12.9. The minimum absolute atomic E-state index is 0.190. The predicted molar refractivity (Wildman–Crippen MR) is 62.6 cm³/mol. The first kappa shape index (κ1) is 11.3. The monoisotopic (exact) mass is 258 g/mol. The zero-order valence-corrected chi connectivity index (χ0v) is 9.88. The molecule has 1 aromatic carbocycles. The summed E-state index contributed by atoms with van der Waals surface area (Å²) in [6.07, 6.45) is 0. The number of amides is 1. The summed E-state index contributed by atoms with van der Waals surface area (Å²) in [6, 6.07) is 3.89. The molecule has 16 heavy (non-hydrogen) atoms. The Bertz CT molecular complexity index is 494. The Morgan fingerprint density at radius 3 is 2.69 bits per heavy atom. The van der Waals surface area contributed by atoms with Gasteiger partial charge in [-0.15, -0.1) is 0 Å². The fourth-order valence-electron chi connectivity index (χ4n) is 1.63. The highest BCUT2D eigenvalue weighted by Crippen LogP contribution is 2.30. The molecule has 0 aliphatic carbocycles. The van der Waals surface area contributed by atoms with Crippen LogP contribution in [-0.2, 0) is 10.3 Å². The van der Waals surface area contributed by atoms with Crippen molar-refractivity contribution in [3.05, 3.63) is 34.6 Å². The highest BCUT2D eigenvalue weighted by Gasteiger charge is 2.42. The van der Waals surface area contributed by atoms with Crippen LogP contribution in [0, 0.1) is 5.82 Å². The largest absolute Gasteiger partial charge is 0.345 e. The molecule has 2 rings (SSSR count).